The molecule has 0 aliphatic carbocycles. The van der Waals surface area contributed by atoms with Crippen molar-refractivity contribution in [2.45, 2.75) is 65.2 Å². The van der Waals surface area contributed by atoms with Crippen molar-refractivity contribution in [3.63, 3.8) is 0 Å². The van der Waals surface area contributed by atoms with Gasteiger partial charge in [-0.15, -0.1) is 0 Å². The number of hydrogen-bond donors (Lipinski definition) is 0. The molecule has 1 heteroatoms. The van der Waals surface area contributed by atoms with E-state index in [1.165, 1.54) is 24.9 Å². The van der Waals surface area contributed by atoms with Gasteiger partial charge in [-0.3, -0.25) is 0 Å². The predicted molar refractivity (Wildman–Crippen MR) is 61.5 cm³/mol. The van der Waals surface area contributed by atoms with Gasteiger partial charge in [-0.25, -0.2) is 0 Å². The lowest BCUT2D eigenvalue weighted by atomic mass is 10.1. The Labute approximate surface area is 79.8 Å². The average molecular weight is 186 g/mol. The molecule has 0 heterocycles. The van der Waals surface area contributed by atoms with Gasteiger partial charge in [0.25, 0.3) is 0 Å². The van der Waals surface area contributed by atoms with E-state index in [-0.39, 0.29) is 0 Å². The van der Waals surface area contributed by atoms with Crippen LogP contribution in [0.5, 0.6) is 0 Å². The first-order valence-electron chi connectivity index (χ1n) is 5.61. The van der Waals surface area contributed by atoms with E-state index in [2.05, 4.69) is 34.2 Å². The largest absolute Gasteiger partial charge is 0.0692 e. The van der Waals surface area contributed by atoms with Crippen LogP contribution in [0.2, 0.25) is 24.7 Å². The predicted octanol–water partition coefficient (Wildman–Crippen LogP) is 4.54. The maximum absolute atomic E-state index is 2.57. The molecule has 0 rings (SSSR count). The van der Waals surface area contributed by atoms with Crippen LogP contribution in [0, 0.1) is 5.92 Å². The molecule has 0 aromatic carbocycles. The quantitative estimate of drug-likeness (QED) is 0.534. The fourth-order valence-electron chi connectivity index (χ4n) is 1.81. The van der Waals surface area contributed by atoms with E-state index in [4.69, 9.17) is 0 Å². The van der Waals surface area contributed by atoms with Gasteiger partial charge in [0.05, 0.1) is 8.07 Å². The molecule has 0 fully saturated rings. The van der Waals surface area contributed by atoms with Gasteiger partial charge in [-0.1, -0.05) is 65.2 Å². The van der Waals surface area contributed by atoms with E-state index in [1.807, 2.05) is 0 Å². The highest BCUT2D eigenvalue weighted by Crippen LogP contribution is 2.28. The van der Waals surface area contributed by atoms with Crippen LogP contribution in [0.3, 0.4) is 0 Å². The monoisotopic (exact) mass is 186 g/mol. The summed E-state index contributed by atoms with van der Waals surface area (Å²) >= 11 is 0. The topological polar surface area (TPSA) is 0 Å². The van der Waals surface area contributed by atoms with Gasteiger partial charge < -0.3 is 0 Å². The highest BCUT2D eigenvalue weighted by molar-refractivity contribution is 6.78. The lowest BCUT2D eigenvalue weighted by Crippen LogP contribution is -2.30. The maximum atomic E-state index is 2.57. The Balaban J connectivity index is 3.99. The normalized spacial score (nSPS) is 12.5. The molecule has 0 N–H and O–H groups in total. The second kappa shape index (κ2) is 5.79. The molecule has 0 saturated heterocycles. The summed E-state index contributed by atoms with van der Waals surface area (Å²) in [6, 6.07) is 4.51. The highest BCUT2D eigenvalue weighted by atomic mass is 28.3. The number of rotatable bonds is 6. The SMILES string of the molecule is CCC(CC)C[Si](C)(CC)CC. The summed E-state index contributed by atoms with van der Waals surface area (Å²) in [6.45, 7) is 12.0. The minimum absolute atomic E-state index is 0.802. The van der Waals surface area contributed by atoms with Crippen molar-refractivity contribution in [2.24, 2.45) is 5.92 Å². The molecular weight excluding hydrogens is 160 g/mol. The molecule has 0 aliphatic rings. The first-order chi connectivity index (χ1) is 5.61. The van der Waals surface area contributed by atoms with Crippen LogP contribution < -0.4 is 0 Å². The van der Waals surface area contributed by atoms with Crippen LogP contribution in [0.15, 0.2) is 0 Å². The van der Waals surface area contributed by atoms with E-state index < -0.39 is 8.07 Å². The fourth-order valence-corrected chi connectivity index (χ4v) is 4.86. The average Bonchev–Trinajstić information content (AvgIpc) is 2.14. The summed E-state index contributed by atoms with van der Waals surface area (Å²) in [4.78, 5) is 0. The van der Waals surface area contributed by atoms with E-state index >= 15 is 0 Å². The molecule has 0 aromatic rings. The zero-order valence-corrected chi connectivity index (χ0v) is 10.6. The molecule has 0 saturated carbocycles. The van der Waals surface area contributed by atoms with Gasteiger partial charge in [0.2, 0.25) is 0 Å². The minimum Gasteiger partial charge on any atom is -0.0692 e. The first-order valence-corrected chi connectivity index (χ1v) is 8.74. The lowest BCUT2D eigenvalue weighted by Gasteiger charge is -2.28. The molecule has 0 aromatic heterocycles. The number of hydrogen-bond acceptors (Lipinski definition) is 0. The van der Waals surface area contributed by atoms with Gasteiger partial charge >= 0.3 is 0 Å². The van der Waals surface area contributed by atoms with E-state index in [9.17, 15) is 0 Å². The van der Waals surface area contributed by atoms with Crippen LogP contribution in [-0.4, -0.2) is 8.07 Å². The Morgan fingerprint density at radius 3 is 1.58 bits per heavy atom. The van der Waals surface area contributed by atoms with Crippen LogP contribution in [0.25, 0.3) is 0 Å². The standard InChI is InChI=1S/C11H26Si/c1-6-11(7-2)10-12(5,8-3)9-4/h11H,6-10H2,1-5H3. The van der Waals surface area contributed by atoms with E-state index in [0.717, 1.165) is 5.92 Å². The second-order valence-electron chi connectivity index (χ2n) is 4.40. The Morgan fingerprint density at radius 2 is 1.33 bits per heavy atom. The molecule has 0 nitrogen and oxygen atoms in total. The summed E-state index contributed by atoms with van der Waals surface area (Å²) in [5, 5.41) is 0. The minimum atomic E-state index is -0.802. The molecule has 12 heavy (non-hydrogen) atoms. The van der Waals surface area contributed by atoms with Gasteiger partial charge in [0.15, 0.2) is 0 Å². The van der Waals surface area contributed by atoms with Gasteiger partial charge in [-0.2, -0.15) is 0 Å². The molecule has 74 valence electrons. The van der Waals surface area contributed by atoms with Crippen molar-refractivity contribution in [2.75, 3.05) is 0 Å². The molecule has 0 spiro atoms. The fraction of sp³-hybridized carbons (Fsp3) is 1.00. The van der Waals surface area contributed by atoms with Crippen molar-refractivity contribution in [3.8, 4) is 0 Å². The van der Waals surface area contributed by atoms with E-state index in [1.54, 1.807) is 6.04 Å². The Bertz CT molecular complexity index is 102. The summed E-state index contributed by atoms with van der Waals surface area (Å²) in [5.41, 5.74) is 0. The lowest BCUT2D eigenvalue weighted by molar-refractivity contribution is 0.534. The molecule has 0 amide bonds. The Hall–Kier alpha value is 0.217. The Morgan fingerprint density at radius 1 is 0.917 bits per heavy atom. The van der Waals surface area contributed by atoms with Gasteiger partial charge in [0.1, 0.15) is 0 Å². The molecule has 0 aliphatic heterocycles. The molecule has 0 atom stereocenters. The van der Waals surface area contributed by atoms with Gasteiger partial charge in [-0.05, 0) is 5.92 Å². The summed E-state index contributed by atoms with van der Waals surface area (Å²) in [5.74, 6) is 1.02. The van der Waals surface area contributed by atoms with Gasteiger partial charge in [0, 0.05) is 0 Å². The third-order valence-corrected chi connectivity index (χ3v) is 8.62. The van der Waals surface area contributed by atoms with Crippen LogP contribution in [-0.2, 0) is 0 Å². The van der Waals surface area contributed by atoms with E-state index in [0.29, 0.717) is 0 Å². The zero-order chi connectivity index (χ0) is 9.61. The molecule has 0 bridgehead atoms. The zero-order valence-electron chi connectivity index (χ0n) is 9.61. The molecular formula is C11H26Si. The molecule has 0 radical (unpaired) electrons. The highest BCUT2D eigenvalue weighted by Gasteiger charge is 2.24. The first kappa shape index (κ1) is 12.2. The summed E-state index contributed by atoms with van der Waals surface area (Å²) in [6.07, 6.45) is 2.78. The van der Waals surface area contributed by atoms with Crippen LogP contribution in [0.4, 0.5) is 0 Å². The maximum Gasteiger partial charge on any atom is 0.0502 e. The Kier molecular flexibility index (Phi) is 5.90. The summed E-state index contributed by atoms with van der Waals surface area (Å²) in [7, 11) is -0.802. The third kappa shape index (κ3) is 3.75. The van der Waals surface area contributed by atoms with Crippen molar-refractivity contribution in [3.05, 3.63) is 0 Å². The van der Waals surface area contributed by atoms with Crippen molar-refractivity contribution in [1.29, 1.82) is 0 Å². The smallest absolute Gasteiger partial charge is 0.0502 e. The van der Waals surface area contributed by atoms with Crippen molar-refractivity contribution < 1.29 is 0 Å². The van der Waals surface area contributed by atoms with Crippen LogP contribution in [0.1, 0.15) is 40.5 Å². The van der Waals surface area contributed by atoms with Crippen LogP contribution >= 0.6 is 0 Å². The molecule has 0 unspecified atom stereocenters. The van der Waals surface area contributed by atoms with Crippen molar-refractivity contribution in [1.82, 2.24) is 0 Å². The summed E-state index contributed by atoms with van der Waals surface area (Å²) < 4.78 is 0. The van der Waals surface area contributed by atoms with Crippen molar-refractivity contribution >= 4 is 8.07 Å². The second-order valence-corrected chi connectivity index (χ2v) is 9.85. The third-order valence-electron chi connectivity index (χ3n) is 3.64.